The molecular formula is C10H18ClN5S. The van der Waals surface area contributed by atoms with Gasteiger partial charge in [0.1, 0.15) is 0 Å². The molecule has 1 unspecified atom stereocenters. The fraction of sp³-hybridized carbons (Fsp3) is 0.700. The minimum absolute atomic E-state index is 0.217. The number of nitrogens with zero attached hydrogens (tertiary/aromatic N) is 4. The molecule has 0 spiro atoms. The Morgan fingerprint density at radius 3 is 2.71 bits per heavy atom. The largest absolute Gasteiger partial charge is 0.354 e. The first-order valence-electron chi connectivity index (χ1n) is 5.45. The number of halogens is 1. The van der Waals surface area contributed by atoms with Gasteiger partial charge in [0.2, 0.25) is 17.2 Å². The maximum Gasteiger partial charge on any atom is 0.231 e. The maximum absolute atomic E-state index is 5.88. The first-order valence-corrected chi connectivity index (χ1v) is 7.22. The predicted octanol–water partition coefficient (Wildman–Crippen LogP) is 2.14. The van der Waals surface area contributed by atoms with Gasteiger partial charge in [0, 0.05) is 25.4 Å². The second kappa shape index (κ2) is 6.86. The van der Waals surface area contributed by atoms with Gasteiger partial charge in [-0.05, 0) is 31.7 Å². The lowest BCUT2D eigenvalue weighted by molar-refractivity contribution is 0.735. The molecule has 5 nitrogen and oxygen atoms in total. The van der Waals surface area contributed by atoms with Gasteiger partial charge in [0.15, 0.2) is 0 Å². The van der Waals surface area contributed by atoms with Crippen molar-refractivity contribution in [2.24, 2.45) is 0 Å². The van der Waals surface area contributed by atoms with Gasteiger partial charge in [0.25, 0.3) is 0 Å². The summed E-state index contributed by atoms with van der Waals surface area (Å²) in [6, 6.07) is 0.345. The Hall–Kier alpha value is -0.750. The highest BCUT2D eigenvalue weighted by molar-refractivity contribution is 7.98. The van der Waals surface area contributed by atoms with Crippen molar-refractivity contribution in [3.8, 4) is 0 Å². The lowest BCUT2D eigenvalue weighted by Gasteiger charge is -2.24. The minimum atomic E-state index is 0.217. The van der Waals surface area contributed by atoms with E-state index in [1.807, 2.05) is 18.9 Å². The van der Waals surface area contributed by atoms with Crippen molar-refractivity contribution >= 4 is 35.3 Å². The SMILES string of the molecule is CCNc1nc(Cl)nc(N(C)C(C)CSC)n1. The van der Waals surface area contributed by atoms with Gasteiger partial charge < -0.3 is 10.2 Å². The third-order valence-electron chi connectivity index (χ3n) is 2.32. The van der Waals surface area contributed by atoms with Crippen LogP contribution >= 0.6 is 23.4 Å². The fourth-order valence-electron chi connectivity index (χ4n) is 1.28. The Morgan fingerprint density at radius 1 is 1.41 bits per heavy atom. The summed E-state index contributed by atoms with van der Waals surface area (Å²) in [5, 5.41) is 3.25. The summed E-state index contributed by atoms with van der Waals surface area (Å²) >= 11 is 7.67. The van der Waals surface area contributed by atoms with Gasteiger partial charge in [-0.3, -0.25) is 0 Å². The van der Waals surface area contributed by atoms with Gasteiger partial charge in [-0.25, -0.2) is 0 Å². The van der Waals surface area contributed by atoms with Gasteiger partial charge in [-0.1, -0.05) is 0 Å². The van der Waals surface area contributed by atoms with Crippen molar-refractivity contribution in [1.29, 1.82) is 0 Å². The van der Waals surface area contributed by atoms with E-state index in [0.29, 0.717) is 17.9 Å². The van der Waals surface area contributed by atoms with Gasteiger partial charge >= 0.3 is 0 Å². The molecular weight excluding hydrogens is 258 g/mol. The van der Waals surface area contributed by atoms with Crippen molar-refractivity contribution < 1.29 is 0 Å². The van der Waals surface area contributed by atoms with E-state index in [-0.39, 0.29) is 5.28 Å². The summed E-state index contributed by atoms with van der Waals surface area (Å²) < 4.78 is 0. The average molecular weight is 276 g/mol. The van der Waals surface area contributed by atoms with Crippen molar-refractivity contribution in [3.63, 3.8) is 0 Å². The molecule has 1 atom stereocenters. The van der Waals surface area contributed by atoms with E-state index in [0.717, 1.165) is 12.3 Å². The van der Waals surface area contributed by atoms with Crippen molar-refractivity contribution in [2.45, 2.75) is 19.9 Å². The fourth-order valence-corrected chi connectivity index (χ4v) is 2.15. The molecule has 0 aliphatic heterocycles. The van der Waals surface area contributed by atoms with Crippen LogP contribution < -0.4 is 10.2 Å². The van der Waals surface area contributed by atoms with E-state index in [4.69, 9.17) is 11.6 Å². The zero-order valence-electron chi connectivity index (χ0n) is 10.6. The van der Waals surface area contributed by atoms with E-state index < -0.39 is 0 Å². The lowest BCUT2D eigenvalue weighted by Crippen LogP contribution is -2.32. The third-order valence-corrected chi connectivity index (χ3v) is 3.30. The summed E-state index contributed by atoms with van der Waals surface area (Å²) in [5.41, 5.74) is 0. The van der Waals surface area contributed by atoms with Crippen molar-refractivity contribution in [3.05, 3.63) is 5.28 Å². The number of hydrogen-bond donors (Lipinski definition) is 1. The number of thioether (sulfide) groups is 1. The molecule has 96 valence electrons. The van der Waals surface area contributed by atoms with Crippen LogP contribution in [0.3, 0.4) is 0 Å². The quantitative estimate of drug-likeness (QED) is 0.859. The molecule has 0 amide bonds. The van der Waals surface area contributed by atoms with Crippen LogP contribution in [0.2, 0.25) is 5.28 Å². The topological polar surface area (TPSA) is 53.9 Å². The monoisotopic (exact) mass is 275 g/mol. The van der Waals surface area contributed by atoms with E-state index in [9.17, 15) is 0 Å². The molecule has 0 saturated heterocycles. The number of nitrogens with one attached hydrogen (secondary N) is 1. The molecule has 0 aliphatic rings. The lowest BCUT2D eigenvalue weighted by atomic mass is 10.3. The third kappa shape index (κ3) is 4.20. The predicted molar refractivity (Wildman–Crippen MR) is 75.2 cm³/mol. The zero-order chi connectivity index (χ0) is 12.8. The highest BCUT2D eigenvalue weighted by Crippen LogP contribution is 2.15. The summed E-state index contributed by atoms with van der Waals surface area (Å²) in [6.07, 6.45) is 2.08. The Balaban J connectivity index is 2.88. The molecule has 1 heterocycles. The molecule has 0 bridgehead atoms. The molecule has 0 aliphatic carbocycles. The molecule has 1 aromatic rings. The highest BCUT2D eigenvalue weighted by atomic mass is 35.5. The van der Waals surface area contributed by atoms with E-state index in [1.54, 1.807) is 11.8 Å². The molecule has 0 fully saturated rings. The van der Waals surface area contributed by atoms with E-state index in [2.05, 4.69) is 33.4 Å². The Bertz CT molecular complexity index is 363. The molecule has 0 radical (unpaired) electrons. The molecule has 0 aromatic carbocycles. The Kier molecular flexibility index (Phi) is 5.77. The second-order valence-electron chi connectivity index (χ2n) is 3.67. The van der Waals surface area contributed by atoms with Crippen LogP contribution in [0, 0.1) is 0 Å². The summed E-state index contributed by atoms with van der Waals surface area (Å²) in [4.78, 5) is 14.5. The number of aromatic nitrogens is 3. The smallest absolute Gasteiger partial charge is 0.231 e. The normalized spacial score (nSPS) is 12.3. The molecule has 7 heteroatoms. The van der Waals surface area contributed by atoms with Gasteiger partial charge in [0.05, 0.1) is 0 Å². The standard InChI is InChI=1S/C10H18ClN5S/c1-5-12-9-13-8(11)14-10(15-9)16(3)7(2)6-17-4/h7H,5-6H2,1-4H3,(H,12,13,14,15). The van der Waals surface area contributed by atoms with Gasteiger partial charge in [-0.15, -0.1) is 0 Å². The number of anilines is 2. The van der Waals surface area contributed by atoms with Crippen LogP contribution in [0.5, 0.6) is 0 Å². The van der Waals surface area contributed by atoms with Gasteiger partial charge in [-0.2, -0.15) is 26.7 Å². The number of rotatable bonds is 6. The molecule has 1 aromatic heterocycles. The zero-order valence-corrected chi connectivity index (χ0v) is 12.1. The maximum atomic E-state index is 5.88. The molecule has 17 heavy (non-hydrogen) atoms. The van der Waals surface area contributed by atoms with Crippen LogP contribution in [0.4, 0.5) is 11.9 Å². The van der Waals surface area contributed by atoms with Crippen LogP contribution in [0.25, 0.3) is 0 Å². The Morgan fingerprint density at radius 2 is 2.12 bits per heavy atom. The minimum Gasteiger partial charge on any atom is -0.354 e. The van der Waals surface area contributed by atoms with Crippen molar-refractivity contribution in [2.75, 3.05) is 35.8 Å². The summed E-state index contributed by atoms with van der Waals surface area (Å²) in [6.45, 7) is 4.86. The van der Waals surface area contributed by atoms with Crippen LogP contribution in [0.1, 0.15) is 13.8 Å². The summed E-state index contributed by atoms with van der Waals surface area (Å²) in [7, 11) is 1.96. The average Bonchev–Trinajstić information content (AvgIpc) is 2.28. The Labute approximate surface area is 111 Å². The molecule has 0 saturated carbocycles. The van der Waals surface area contributed by atoms with Crippen molar-refractivity contribution in [1.82, 2.24) is 15.0 Å². The first-order chi connectivity index (χ1) is 8.08. The molecule has 1 rings (SSSR count). The van der Waals surface area contributed by atoms with E-state index in [1.165, 1.54) is 0 Å². The first kappa shape index (κ1) is 14.3. The highest BCUT2D eigenvalue weighted by Gasteiger charge is 2.14. The number of hydrogen-bond acceptors (Lipinski definition) is 6. The van der Waals surface area contributed by atoms with Crippen LogP contribution in [0.15, 0.2) is 0 Å². The second-order valence-corrected chi connectivity index (χ2v) is 4.92. The molecule has 1 N–H and O–H groups in total. The van der Waals surface area contributed by atoms with Crippen LogP contribution in [-0.2, 0) is 0 Å². The van der Waals surface area contributed by atoms with E-state index >= 15 is 0 Å². The van der Waals surface area contributed by atoms with Crippen LogP contribution in [-0.4, -0.2) is 46.6 Å². The summed E-state index contributed by atoms with van der Waals surface area (Å²) in [5.74, 6) is 2.13.